The standard InChI is InChI=1S/C12H12N2S2.2C2H6/c13-9-5-1-3-7-11(9)15-16-12-8-4-2-6-10(12)14;2*1-2/h1-8H,13-14H2;2*1-2H3. The van der Waals surface area contributed by atoms with Gasteiger partial charge in [0.15, 0.2) is 0 Å². The maximum Gasteiger partial charge on any atom is 0.0461 e. The zero-order valence-electron chi connectivity index (χ0n) is 12.6. The number of rotatable bonds is 3. The second-order valence-electron chi connectivity index (χ2n) is 3.24. The highest BCUT2D eigenvalue weighted by Crippen LogP contribution is 2.41. The van der Waals surface area contributed by atoms with Gasteiger partial charge in [-0.25, -0.2) is 0 Å². The van der Waals surface area contributed by atoms with Gasteiger partial charge in [-0.15, -0.1) is 0 Å². The van der Waals surface area contributed by atoms with Gasteiger partial charge in [0.05, 0.1) is 0 Å². The fraction of sp³-hybridized carbons (Fsp3) is 0.250. The minimum atomic E-state index is 0.800. The molecule has 20 heavy (non-hydrogen) atoms. The number of anilines is 2. The molecule has 0 amide bonds. The maximum absolute atomic E-state index is 5.86. The van der Waals surface area contributed by atoms with E-state index in [-0.39, 0.29) is 0 Å². The third-order valence-corrected chi connectivity index (χ3v) is 4.57. The van der Waals surface area contributed by atoms with Crippen molar-refractivity contribution in [3.63, 3.8) is 0 Å². The molecule has 110 valence electrons. The van der Waals surface area contributed by atoms with Crippen LogP contribution in [0.4, 0.5) is 11.4 Å². The number of hydrogen-bond acceptors (Lipinski definition) is 4. The zero-order valence-corrected chi connectivity index (χ0v) is 14.2. The number of benzene rings is 2. The quantitative estimate of drug-likeness (QED) is 0.564. The first kappa shape index (κ1) is 18.7. The van der Waals surface area contributed by atoms with E-state index in [1.54, 1.807) is 21.6 Å². The van der Waals surface area contributed by atoms with Gasteiger partial charge in [-0.1, -0.05) is 73.5 Å². The van der Waals surface area contributed by atoms with Crippen LogP contribution in [0.25, 0.3) is 0 Å². The van der Waals surface area contributed by atoms with Crippen LogP contribution in [0.2, 0.25) is 0 Å². The molecule has 0 fully saturated rings. The first-order valence-electron chi connectivity index (χ1n) is 6.81. The average Bonchev–Trinajstić information content (AvgIpc) is 2.52. The molecule has 0 atom stereocenters. The Hall–Kier alpha value is -1.26. The van der Waals surface area contributed by atoms with Gasteiger partial charge < -0.3 is 11.5 Å². The highest BCUT2D eigenvalue weighted by Gasteiger charge is 2.02. The molecular formula is C16H24N2S2. The Bertz CT molecular complexity index is 442. The largest absolute Gasteiger partial charge is 0.398 e. The van der Waals surface area contributed by atoms with Crippen molar-refractivity contribution in [2.45, 2.75) is 37.5 Å². The molecule has 4 N–H and O–H groups in total. The Morgan fingerprint density at radius 2 is 0.900 bits per heavy atom. The molecule has 2 rings (SSSR count). The molecule has 0 bridgehead atoms. The summed E-state index contributed by atoms with van der Waals surface area (Å²) in [4.78, 5) is 2.13. The Balaban J connectivity index is 0.000000829. The lowest BCUT2D eigenvalue weighted by Crippen LogP contribution is -1.87. The van der Waals surface area contributed by atoms with Gasteiger partial charge in [0, 0.05) is 21.2 Å². The lowest BCUT2D eigenvalue weighted by atomic mass is 10.3. The van der Waals surface area contributed by atoms with Crippen molar-refractivity contribution in [2.24, 2.45) is 0 Å². The monoisotopic (exact) mass is 308 g/mol. The van der Waals surface area contributed by atoms with Gasteiger partial charge in [0.1, 0.15) is 0 Å². The summed E-state index contributed by atoms with van der Waals surface area (Å²) in [5, 5.41) is 0. The molecule has 0 spiro atoms. The first-order chi connectivity index (χ1) is 9.77. The third kappa shape index (κ3) is 6.26. The molecule has 0 saturated heterocycles. The smallest absolute Gasteiger partial charge is 0.0461 e. The number of hydrogen-bond donors (Lipinski definition) is 2. The van der Waals surface area contributed by atoms with Gasteiger partial charge in [-0.3, -0.25) is 0 Å². The summed E-state index contributed by atoms with van der Waals surface area (Å²) in [6.45, 7) is 8.00. The molecular weight excluding hydrogens is 284 g/mol. The number of nitrogens with two attached hydrogens (primary N) is 2. The first-order valence-corrected chi connectivity index (χ1v) is 8.96. The van der Waals surface area contributed by atoms with Crippen LogP contribution in [-0.4, -0.2) is 0 Å². The maximum atomic E-state index is 5.86. The predicted octanol–water partition coefficient (Wildman–Crippen LogP) is 5.70. The molecule has 0 aliphatic heterocycles. The predicted molar refractivity (Wildman–Crippen MR) is 96.1 cm³/mol. The van der Waals surface area contributed by atoms with Crippen molar-refractivity contribution in [2.75, 3.05) is 11.5 Å². The van der Waals surface area contributed by atoms with E-state index in [2.05, 4.69) is 0 Å². The Morgan fingerprint density at radius 1 is 0.600 bits per heavy atom. The van der Waals surface area contributed by atoms with E-state index >= 15 is 0 Å². The normalized spacial score (nSPS) is 8.80. The van der Waals surface area contributed by atoms with Crippen LogP contribution in [0.15, 0.2) is 58.3 Å². The summed E-state index contributed by atoms with van der Waals surface area (Å²) in [6.07, 6.45) is 0. The van der Waals surface area contributed by atoms with Crippen molar-refractivity contribution < 1.29 is 0 Å². The molecule has 2 aromatic carbocycles. The van der Waals surface area contributed by atoms with Gasteiger partial charge >= 0.3 is 0 Å². The van der Waals surface area contributed by atoms with E-state index in [0.29, 0.717) is 0 Å². The molecule has 2 aromatic rings. The average molecular weight is 309 g/mol. The molecule has 0 radical (unpaired) electrons. The van der Waals surface area contributed by atoms with Crippen LogP contribution in [0.1, 0.15) is 27.7 Å². The SMILES string of the molecule is CC.CC.Nc1ccccc1SSc1ccccc1N. The highest BCUT2D eigenvalue weighted by molar-refractivity contribution is 8.76. The lowest BCUT2D eigenvalue weighted by Gasteiger charge is -2.05. The minimum Gasteiger partial charge on any atom is -0.398 e. The van der Waals surface area contributed by atoms with E-state index in [9.17, 15) is 0 Å². The second-order valence-corrected chi connectivity index (χ2v) is 5.46. The molecule has 0 saturated carbocycles. The molecule has 0 aromatic heterocycles. The molecule has 4 heteroatoms. The van der Waals surface area contributed by atoms with Crippen LogP contribution < -0.4 is 11.5 Å². The van der Waals surface area contributed by atoms with Crippen LogP contribution in [0, 0.1) is 0 Å². The van der Waals surface area contributed by atoms with E-state index in [1.165, 1.54) is 0 Å². The van der Waals surface area contributed by atoms with Crippen LogP contribution in [0.5, 0.6) is 0 Å². The van der Waals surface area contributed by atoms with Gasteiger partial charge in [0.2, 0.25) is 0 Å². The summed E-state index contributed by atoms with van der Waals surface area (Å²) in [5.74, 6) is 0. The Morgan fingerprint density at radius 3 is 1.20 bits per heavy atom. The van der Waals surface area contributed by atoms with Crippen LogP contribution >= 0.6 is 21.6 Å². The fourth-order valence-electron chi connectivity index (χ4n) is 1.20. The number of para-hydroxylation sites is 2. The zero-order chi connectivity index (χ0) is 15.4. The second kappa shape index (κ2) is 11.6. The highest BCUT2D eigenvalue weighted by atomic mass is 33.1. The number of nitrogen functional groups attached to an aromatic ring is 2. The lowest BCUT2D eigenvalue weighted by molar-refractivity contribution is 1.46. The Kier molecular flexibility index (Phi) is 10.8. The van der Waals surface area contributed by atoms with Gasteiger partial charge in [-0.05, 0) is 24.3 Å². The molecule has 0 aliphatic carbocycles. The summed E-state index contributed by atoms with van der Waals surface area (Å²) in [7, 11) is 3.25. The third-order valence-electron chi connectivity index (χ3n) is 2.06. The van der Waals surface area contributed by atoms with Crippen LogP contribution in [0.3, 0.4) is 0 Å². The van der Waals surface area contributed by atoms with Crippen molar-refractivity contribution in [1.82, 2.24) is 0 Å². The summed E-state index contributed by atoms with van der Waals surface area (Å²) in [6, 6.07) is 15.6. The molecule has 0 heterocycles. The molecule has 2 nitrogen and oxygen atoms in total. The minimum absolute atomic E-state index is 0.800. The fourth-order valence-corrected chi connectivity index (χ4v) is 3.43. The molecule has 0 unspecified atom stereocenters. The topological polar surface area (TPSA) is 52.0 Å². The molecule has 0 aliphatic rings. The summed E-state index contributed by atoms with van der Waals surface area (Å²) >= 11 is 0. The van der Waals surface area contributed by atoms with E-state index in [1.807, 2.05) is 76.2 Å². The Labute approximate surface area is 130 Å². The van der Waals surface area contributed by atoms with Crippen molar-refractivity contribution in [1.29, 1.82) is 0 Å². The van der Waals surface area contributed by atoms with Gasteiger partial charge in [0.25, 0.3) is 0 Å². The van der Waals surface area contributed by atoms with E-state index in [0.717, 1.165) is 21.2 Å². The van der Waals surface area contributed by atoms with E-state index < -0.39 is 0 Å². The van der Waals surface area contributed by atoms with Crippen molar-refractivity contribution in [3.05, 3.63) is 48.5 Å². The van der Waals surface area contributed by atoms with Crippen molar-refractivity contribution >= 4 is 33.0 Å². The summed E-state index contributed by atoms with van der Waals surface area (Å²) in [5.41, 5.74) is 13.3. The van der Waals surface area contributed by atoms with E-state index in [4.69, 9.17) is 11.5 Å². The van der Waals surface area contributed by atoms with Gasteiger partial charge in [-0.2, -0.15) is 0 Å². The van der Waals surface area contributed by atoms with Crippen molar-refractivity contribution in [3.8, 4) is 0 Å². The summed E-state index contributed by atoms with van der Waals surface area (Å²) < 4.78 is 0. The van der Waals surface area contributed by atoms with Crippen LogP contribution in [-0.2, 0) is 0 Å².